The maximum absolute atomic E-state index is 9.41. The van der Waals surface area contributed by atoms with Gasteiger partial charge in [-0.3, -0.25) is 0 Å². The largest absolute Gasteiger partial charge is 0.456 e. The van der Waals surface area contributed by atoms with E-state index >= 15 is 0 Å². The summed E-state index contributed by atoms with van der Waals surface area (Å²) in [7, 11) is 0. The van der Waals surface area contributed by atoms with E-state index in [2.05, 4.69) is 0 Å². The Labute approximate surface area is 271 Å². The minimum atomic E-state index is -0.647. The van der Waals surface area contributed by atoms with Gasteiger partial charge < -0.3 is 8.98 Å². The Balaban J connectivity index is 1.42. The number of fused-ring (bicyclic) bond motifs is 6. The summed E-state index contributed by atoms with van der Waals surface area (Å²) in [4.78, 5) is 14.2. The predicted molar refractivity (Wildman–Crippen MR) is 178 cm³/mol. The molecule has 0 fully saturated rings. The van der Waals surface area contributed by atoms with Gasteiger partial charge in [-0.2, -0.15) is 0 Å². The molecule has 0 saturated carbocycles. The van der Waals surface area contributed by atoms with E-state index in [1.54, 1.807) is 24.3 Å². The molecule has 3 aromatic heterocycles. The van der Waals surface area contributed by atoms with Gasteiger partial charge in [-0.1, -0.05) is 109 Å². The number of aromatic nitrogens is 4. The van der Waals surface area contributed by atoms with Crippen molar-refractivity contribution in [3.05, 3.63) is 145 Å². The molecule has 206 valence electrons. The third-order valence-corrected chi connectivity index (χ3v) is 7.33. The first-order valence-electron chi connectivity index (χ1n) is 20.1. The van der Waals surface area contributed by atoms with Crippen molar-refractivity contribution in [3.63, 3.8) is 0 Å². The van der Waals surface area contributed by atoms with Gasteiger partial charge in [0.1, 0.15) is 11.2 Å². The molecule has 0 radical (unpaired) electrons. The number of furan rings is 1. The zero-order valence-electron chi connectivity index (χ0n) is 35.5. The van der Waals surface area contributed by atoms with Crippen LogP contribution in [0.1, 0.15) is 17.8 Å². The van der Waals surface area contributed by atoms with E-state index in [1.807, 2.05) is 36.4 Å². The van der Waals surface area contributed by atoms with Crippen molar-refractivity contribution in [1.29, 1.82) is 0 Å². The molecular formula is C39H24N4O. The Bertz CT molecular complexity index is 3090. The lowest BCUT2D eigenvalue weighted by atomic mass is 10.0. The first-order chi connectivity index (χ1) is 27.2. The fourth-order valence-electron chi connectivity index (χ4n) is 5.37. The predicted octanol–water partition coefficient (Wildman–Crippen LogP) is 9.87. The highest BCUT2D eigenvalue weighted by atomic mass is 16.3. The lowest BCUT2D eigenvalue weighted by molar-refractivity contribution is 0.668. The molecule has 0 atom stereocenters. The maximum atomic E-state index is 9.41. The molecule has 0 bridgehead atoms. The van der Waals surface area contributed by atoms with E-state index in [4.69, 9.17) is 34.4 Å². The van der Waals surface area contributed by atoms with Crippen molar-refractivity contribution in [2.24, 2.45) is 0 Å². The van der Waals surface area contributed by atoms with Crippen LogP contribution in [0.2, 0.25) is 0 Å². The average molecular weight is 578 g/mol. The summed E-state index contributed by atoms with van der Waals surface area (Å²) in [6.45, 7) is 0. The minimum absolute atomic E-state index is 0.0105. The van der Waals surface area contributed by atoms with Gasteiger partial charge in [0, 0.05) is 50.0 Å². The fourth-order valence-corrected chi connectivity index (χ4v) is 5.37. The highest BCUT2D eigenvalue weighted by molar-refractivity contribution is 6.13. The normalized spacial score (nSPS) is 15.8. The summed E-state index contributed by atoms with van der Waals surface area (Å²) < 4.78 is 122. The summed E-state index contributed by atoms with van der Waals surface area (Å²) in [5.74, 6) is 0.436. The molecule has 3 heterocycles. The smallest absolute Gasteiger partial charge is 0.164 e. The first-order valence-corrected chi connectivity index (χ1v) is 13.6. The second kappa shape index (κ2) is 9.75. The molecule has 0 spiro atoms. The van der Waals surface area contributed by atoms with Gasteiger partial charge in [-0.05, 0) is 30.2 Å². The Morgan fingerprint density at radius 2 is 1.11 bits per heavy atom. The molecule has 0 amide bonds. The summed E-state index contributed by atoms with van der Waals surface area (Å²) in [6, 6.07) is 12.1. The van der Waals surface area contributed by atoms with Gasteiger partial charge in [-0.25, -0.2) is 15.0 Å². The SMILES string of the molecule is [2H]c1c([2H])c(-c2nc(-c3ccccc3)nc(-c3ccccc3)n2)c2c(oc3cc(-n4c5c([2H])c([2H])c([2H])c([2H])c5c5c([2H])c([2H])c([2H])c([2H])c54)c([2H])c([2H])c32)c1[2H]. The van der Waals surface area contributed by atoms with Crippen molar-refractivity contribution in [3.8, 4) is 39.9 Å². The second-order valence-corrected chi connectivity index (χ2v) is 9.90. The van der Waals surface area contributed by atoms with Gasteiger partial charge in [0.2, 0.25) is 0 Å². The molecule has 6 aromatic carbocycles. The van der Waals surface area contributed by atoms with Crippen molar-refractivity contribution in [1.82, 2.24) is 19.5 Å². The molecule has 0 N–H and O–H groups in total. The van der Waals surface area contributed by atoms with E-state index in [1.165, 1.54) is 6.07 Å². The first kappa shape index (κ1) is 14.9. The van der Waals surface area contributed by atoms with Gasteiger partial charge in [0.05, 0.1) is 28.9 Å². The topological polar surface area (TPSA) is 56.7 Å². The fraction of sp³-hybridized carbons (Fsp3) is 0. The van der Waals surface area contributed by atoms with E-state index in [0.717, 1.165) is 4.57 Å². The van der Waals surface area contributed by atoms with Gasteiger partial charge in [0.25, 0.3) is 0 Å². The molecule has 0 saturated heterocycles. The number of hydrogen-bond donors (Lipinski definition) is 0. The number of rotatable bonds is 4. The van der Waals surface area contributed by atoms with Gasteiger partial charge in [-0.15, -0.1) is 0 Å². The summed E-state index contributed by atoms with van der Waals surface area (Å²) in [5.41, 5.74) is 0.167. The van der Waals surface area contributed by atoms with Crippen LogP contribution in [0.15, 0.2) is 150 Å². The third kappa shape index (κ3) is 3.83. The minimum Gasteiger partial charge on any atom is -0.456 e. The van der Waals surface area contributed by atoms with Crippen molar-refractivity contribution in [2.75, 3.05) is 0 Å². The summed E-state index contributed by atoms with van der Waals surface area (Å²) in [5, 5.41) is -0.435. The Kier molecular flexibility index (Phi) is 3.30. The molecule has 5 nitrogen and oxygen atoms in total. The van der Waals surface area contributed by atoms with E-state index in [9.17, 15) is 2.74 Å². The molecule has 9 aromatic rings. The van der Waals surface area contributed by atoms with Gasteiger partial charge in [0.15, 0.2) is 17.5 Å². The Hall–Kier alpha value is -6.07. The maximum Gasteiger partial charge on any atom is 0.164 e. The van der Waals surface area contributed by atoms with Crippen molar-refractivity contribution >= 4 is 43.7 Å². The lowest BCUT2D eigenvalue weighted by Gasteiger charge is -2.09. The standard InChI is InChI=1S/C39H24N4O/c1-3-12-25(13-4-1)37-40-38(26-14-5-2-6-15-26)42-39(41-37)31-18-11-21-34-36(31)30-23-22-27(24-35(30)44-34)43-32-19-9-7-16-28(32)29-17-8-10-20-33(29)43/h1-24H/i7D,8D,9D,10D,11D,16D,17D,18D,19D,20D,21D,22D,23D. The molecule has 0 aliphatic carbocycles. The van der Waals surface area contributed by atoms with E-state index in [-0.39, 0.29) is 72.5 Å². The van der Waals surface area contributed by atoms with Crippen LogP contribution in [0.4, 0.5) is 0 Å². The number of para-hydroxylation sites is 2. The van der Waals surface area contributed by atoms with Crippen molar-refractivity contribution in [2.45, 2.75) is 0 Å². The zero-order valence-corrected chi connectivity index (χ0v) is 22.5. The van der Waals surface area contributed by atoms with Gasteiger partial charge >= 0.3 is 0 Å². The van der Waals surface area contributed by atoms with Crippen LogP contribution in [0, 0.1) is 0 Å². The highest BCUT2D eigenvalue weighted by Gasteiger charge is 2.19. The Morgan fingerprint density at radius 1 is 0.523 bits per heavy atom. The van der Waals surface area contributed by atoms with E-state index in [0.29, 0.717) is 11.1 Å². The van der Waals surface area contributed by atoms with Crippen LogP contribution in [-0.4, -0.2) is 19.5 Å². The van der Waals surface area contributed by atoms with Crippen LogP contribution in [0.3, 0.4) is 0 Å². The monoisotopic (exact) mass is 577 g/mol. The summed E-state index contributed by atoms with van der Waals surface area (Å²) in [6.07, 6.45) is 0. The molecule has 44 heavy (non-hydrogen) atoms. The molecular weight excluding hydrogens is 540 g/mol. The molecule has 0 unspecified atom stereocenters. The number of nitrogens with zero attached hydrogens (tertiary/aromatic N) is 4. The van der Waals surface area contributed by atoms with E-state index < -0.39 is 78.6 Å². The molecule has 9 rings (SSSR count). The van der Waals surface area contributed by atoms with Crippen LogP contribution in [0.5, 0.6) is 0 Å². The molecule has 5 heteroatoms. The quantitative estimate of drug-likeness (QED) is 0.209. The molecule has 0 aliphatic heterocycles. The number of hydrogen-bond acceptors (Lipinski definition) is 4. The zero-order chi connectivity index (χ0) is 40.3. The highest BCUT2D eigenvalue weighted by Crippen LogP contribution is 2.39. The number of benzene rings is 6. The van der Waals surface area contributed by atoms with Crippen LogP contribution in [0.25, 0.3) is 83.6 Å². The van der Waals surface area contributed by atoms with Crippen LogP contribution in [-0.2, 0) is 0 Å². The average Bonchev–Trinajstić information content (AvgIpc) is 3.79. The van der Waals surface area contributed by atoms with Crippen LogP contribution >= 0.6 is 0 Å². The summed E-state index contributed by atoms with van der Waals surface area (Å²) >= 11 is 0. The van der Waals surface area contributed by atoms with Crippen LogP contribution < -0.4 is 0 Å². The second-order valence-electron chi connectivity index (χ2n) is 9.90. The Morgan fingerprint density at radius 3 is 1.75 bits per heavy atom. The molecule has 0 aliphatic rings. The van der Waals surface area contributed by atoms with Crippen molar-refractivity contribution < 1.29 is 22.2 Å². The third-order valence-electron chi connectivity index (χ3n) is 7.33. The lowest BCUT2D eigenvalue weighted by Crippen LogP contribution is -2.00.